The molecule has 0 heterocycles. The highest BCUT2D eigenvalue weighted by Gasteiger charge is 2.09. The maximum Gasteiger partial charge on any atom is 0.160 e. The summed E-state index contributed by atoms with van der Waals surface area (Å²) in [4.78, 5) is 11.3. The predicted octanol–water partition coefficient (Wildman–Crippen LogP) is 2.63. The molecule has 0 aliphatic carbocycles. The smallest absolute Gasteiger partial charge is 0.160 e. The lowest BCUT2D eigenvalue weighted by molar-refractivity contribution is 0.101. The Bertz CT molecular complexity index is 413. The summed E-state index contributed by atoms with van der Waals surface area (Å²) in [6.45, 7) is 5.48. The fourth-order valence-corrected chi connectivity index (χ4v) is 1.57. The zero-order valence-corrected chi connectivity index (χ0v) is 8.72. The molecule has 0 radical (unpaired) electrons. The molecule has 72 valence electrons. The maximum atomic E-state index is 11.3. The second-order valence-corrected chi connectivity index (χ2v) is 3.33. The molecule has 0 aliphatic heterocycles. The second-order valence-electron chi connectivity index (χ2n) is 3.33. The Morgan fingerprint density at radius 2 is 2.14 bits per heavy atom. The van der Waals surface area contributed by atoms with Crippen molar-refractivity contribution in [3.05, 3.63) is 34.4 Å². The van der Waals surface area contributed by atoms with Crippen molar-refractivity contribution in [3.63, 3.8) is 0 Å². The van der Waals surface area contributed by atoms with Gasteiger partial charge in [0.2, 0.25) is 0 Å². The van der Waals surface area contributed by atoms with E-state index in [4.69, 9.17) is 5.26 Å². The first-order valence-corrected chi connectivity index (χ1v) is 4.64. The summed E-state index contributed by atoms with van der Waals surface area (Å²) < 4.78 is 0. The molecule has 0 aromatic heterocycles. The van der Waals surface area contributed by atoms with Gasteiger partial charge in [0.25, 0.3) is 0 Å². The Morgan fingerprint density at radius 3 is 2.57 bits per heavy atom. The number of aryl methyl sites for hydroxylation is 1. The first kappa shape index (κ1) is 10.5. The quantitative estimate of drug-likeness (QED) is 0.668. The van der Waals surface area contributed by atoms with Gasteiger partial charge in [-0.05, 0) is 43.5 Å². The van der Waals surface area contributed by atoms with Gasteiger partial charge in [0.15, 0.2) is 5.78 Å². The molecule has 14 heavy (non-hydrogen) atoms. The summed E-state index contributed by atoms with van der Waals surface area (Å²) in [5.41, 5.74) is 3.31. The molecule has 2 heteroatoms. The van der Waals surface area contributed by atoms with E-state index in [0.717, 1.165) is 17.5 Å². The normalized spacial score (nSPS) is 9.57. The van der Waals surface area contributed by atoms with Gasteiger partial charge in [-0.2, -0.15) is 5.26 Å². The van der Waals surface area contributed by atoms with Crippen LogP contribution in [-0.2, 0) is 6.42 Å². The number of ketones is 1. The molecule has 1 aromatic rings. The standard InChI is InChI=1S/C12H13NO/c1-4-11-5-10(7-13)6-12(8(11)2)9(3)14/h5-6H,4H2,1-3H3. The van der Waals surface area contributed by atoms with Crippen LogP contribution in [0.4, 0.5) is 0 Å². The van der Waals surface area contributed by atoms with Crippen LogP contribution in [0.2, 0.25) is 0 Å². The van der Waals surface area contributed by atoms with Gasteiger partial charge in [-0.15, -0.1) is 0 Å². The van der Waals surface area contributed by atoms with Gasteiger partial charge in [0.05, 0.1) is 11.6 Å². The number of Topliss-reactive ketones (excluding diaryl/α,β-unsaturated/α-hetero) is 1. The van der Waals surface area contributed by atoms with E-state index in [1.807, 2.05) is 19.9 Å². The maximum absolute atomic E-state index is 11.3. The van der Waals surface area contributed by atoms with Gasteiger partial charge in [0.1, 0.15) is 0 Å². The molecule has 0 amide bonds. The van der Waals surface area contributed by atoms with E-state index in [2.05, 4.69) is 6.07 Å². The van der Waals surface area contributed by atoms with E-state index in [0.29, 0.717) is 11.1 Å². The van der Waals surface area contributed by atoms with Crippen molar-refractivity contribution in [3.8, 4) is 6.07 Å². The number of carbonyl (C=O) groups excluding carboxylic acids is 1. The van der Waals surface area contributed by atoms with Crippen LogP contribution in [0.3, 0.4) is 0 Å². The highest BCUT2D eigenvalue weighted by atomic mass is 16.1. The van der Waals surface area contributed by atoms with Gasteiger partial charge >= 0.3 is 0 Å². The number of benzene rings is 1. The molecule has 0 spiro atoms. The van der Waals surface area contributed by atoms with Crippen molar-refractivity contribution in [2.75, 3.05) is 0 Å². The number of rotatable bonds is 2. The third-order valence-corrected chi connectivity index (χ3v) is 2.40. The second kappa shape index (κ2) is 4.06. The first-order valence-electron chi connectivity index (χ1n) is 4.64. The zero-order chi connectivity index (χ0) is 10.7. The summed E-state index contributed by atoms with van der Waals surface area (Å²) in [6, 6.07) is 5.58. The molecule has 0 saturated carbocycles. The number of hydrogen-bond donors (Lipinski definition) is 0. The minimum absolute atomic E-state index is 0.0225. The summed E-state index contributed by atoms with van der Waals surface area (Å²) in [5.74, 6) is 0.0225. The first-order chi connectivity index (χ1) is 6.60. The predicted molar refractivity (Wildman–Crippen MR) is 55.3 cm³/mol. The van der Waals surface area contributed by atoms with Crippen LogP contribution in [0, 0.1) is 18.3 Å². The number of nitrogens with zero attached hydrogens (tertiary/aromatic N) is 1. The minimum Gasteiger partial charge on any atom is -0.295 e. The summed E-state index contributed by atoms with van der Waals surface area (Å²) in [6.07, 6.45) is 0.849. The molecular formula is C12H13NO. The lowest BCUT2D eigenvalue weighted by Gasteiger charge is -2.08. The summed E-state index contributed by atoms with van der Waals surface area (Å²) in [5, 5.41) is 8.79. The van der Waals surface area contributed by atoms with Gasteiger partial charge in [-0.1, -0.05) is 6.92 Å². The van der Waals surface area contributed by atoms with Crippen molar-refractivity contribution in [1.82, 2.24) is 0 Å². The Morgan fingerprint density at radius 1 is 1.50 bits per heavy atom. The largest absolute Gasteiger partial charge is 0.295 e. The number of nitriles is 1. The molecular weight excluding hydrogens is 174 g/mol. The summed E-state index contributed by atoms with van der Waals surface area (Å²) in [7, 11) is 0. The van der Waals surface area contributed by atoms with E-state index in [-0.39, 0.29) is 5.78 Å². The third kappa shape index (κ3) is 1.82. The van der Waals surface area contributed by atoms with Crippen LogP contribution in [0.1, 0.15) is 40.9 Å². The zero-order valence-electron chi connectivity index (χ0n) is 8.72. The van der Waals surface area contributed by atoms with Crippen LogP contribution in [0.15, 0.2) is 12.1 Å². The highest BCUT2D eigenvalue weighted by molar-refractivity contribution is 5.96. The van der Waals surface area contributed by atoms with Gasteiger partial charge < -0.3 is 0 Å². The van der Waals surface area contributed by atoms with Crippen molar-refractivity contribution in [2.24, 2.45) is 0 Å². The lowest BCUT2D eigenvalue weighted by atomic mass is 9.95. The van der Waals surface area contributed by atoms with Crippen LogP contribution in [-0.4, -0.2) is 5.78 Å². The molecule has 1 rings (SSSR count). The van der Waals surface area contributed by atoms with Crippen molar-refractivity contribution in [1.29, 1.82) is 5.26 Å². The van der Waals surface area contributed by atoms with Crippen LogP contribution >= 0.6 is 0 Å². The third-order valence-electron chi connectivity index (χ3n) is 2.40. The molecule has 0 unspecified atom stereocenters. The molecule has 0 bridgehead atoms. The van der Waals surface area contributed by atoms with E-state index in [1.165, 1.54) is 6.92 Å². The fourth-order valence-electron chi connectivity index (χ4n) is 1.57. The number of hydrogen-bond acceptors (Lipinski definition) is 2. The Balaban J connectivity index is 3.44. The molecule has 0 fully saturated rings. The van der Waals surface area contributed by atoms with Crippen LogP contribution in [0.25, 0.3) is 0 Å². The van der Waals surface area contributed by atoms with Crippen molar-refractivity contribution < 1.29 is 4.79 Å². The number of carbonyl (C=O) groups is 1. The molecule has 2 nitrogen and oxygen atoms in total. The Labute approximate surface area is 84.2 Å². The average Bonchev–Trinajstić information content (AvgIpc) is 2.17. The van der Waals surface area contributed by atoms with E-state index in [9.17, 15) is 4.79 Å². The summed E-state index contributed by atoms with van der Waals surface area (Å²) >= 11 is 0. The fraction of sp³-hybridized carbons (Fsp3) is 0.333. The molecule has 0 saturated heterocycles. The Hall–Kier alpha value is -1.62. The molecule has 1 aromatic carbocycles. The van der Waals surface area contributed by atoms with Crippen LogP contribution < -0.4 is 0 Å². The minimum atomic E-state index is 0.0225. The monoisotopic (exact) mass is 187 g/mol. The Kier molecular flexibility index (Phi) is 3.03. The van der Waals surface area contributed by atoms with Gasteiger partial charge in [0, 0.05) is 5.56 Å². The topological polar surface area (TPSA) is 40.9 Å². The molecule has 0 aliphatic rings. The van der Waals surface area contributed by atoms with Crippen LogP contribution in [0.5, 0.6) is 0 Å². The SMILES string of the molecule is CCc1cc(C#N)cc(C(C)=O)c1C. The lowest BCUT2D eigenvalue weighted by Crippen LogP contribution is -2.01. The van der Waals surface area contributed by atoms with Gasteiger partial charge in [-0.3, -0.25) is 4.79 Å². The van der Waals surface area contributed by atoms with Gasteiger partial charge in [-0.25, -0.2) is 0 Å². The molecule has 0 N–H and O–H groups in total. The van der Waals surface area contributed by atoms with E-state index in [1.54, 1.807) is 6.07 Å². The van der Waals surface area contributed by atoms with E-state index >= 15 is 0 Å². The molecule has 0 atom stereocenters. The van der Waals surface area contributed by atoms with Crippen molar-refractivity contribution >= 4 is 5.78 Å². The van der Waals surface area contributed by atoms with E-state index < -0.39 is 0 Å². The highest BCUT2D eigenvalue weighted by Crippen LogP contribution is 2.17. The van der Waals surface area contributed by atoms with Crippen molar-refractivity contribution in [2.45, 2.75) is 27.2 Å². The average molecular weight is 187 g/mol.